The van der Waals surface area contributed by atoms with E-state index in [-0.39, 0.29) is 0 Å². The number of hydrogen-bond donors (Lipinski definition) is 2. The molecular formula is C20H27N3O2. The van der Waals surface area contributed by atoms with Gasteiger partial charge in [-0.1, -0.05) is 6.92 Å². The van der Waals surface area contributed by atoms with E-state index >= 15 is 0 Å². The van der Waals surface area contributed by atoms with Crippen molar-refractivity contribution in [2.45, 2.75) is 38.6 Å². The number of aromatic nitrogens is 1. The number of methoxy groups -OCH3 is 2. The predicted octanol–water partition coefficient (Wildman–Crippen LogP) is 3.15. The minimum absolute atomic E-state index is 0.451. The lowest BCUT2D eigenvalue weighted by Gasteiger charge is -2.30. The third kappa shape index (κ3) is 3.01. The number of ether oxygens (including phenoxy) is 2. The van der Waals surface area contributed by atoms with Crippen LogP contribution in [0.3, 0.4) is 0 Å². The van der Waals surface area contributed by atoms with Crippen LogP contribution in [0.5, 0.6) is 11.5 Å². The first-order valence-corrected chi connectivity index (χ1v) is 9.24. The molecule has 2 unspecified atom stereocenters. The van der Waals surface area contributed by atoms with E-state index in [4.69, 9.17) is 14.5 Å². The van der Waals surface area contributed by atoms with Crippen LogP contribution in [0.1, 0.15) is 31.0 Å². The van der Waals surface area contributed by atoms with Gasteiger partial charge in [-0.3, -0.25) is 4.98 Å². The Labute approximate surface area is 149 Å². The lowest BCUT2D eigenvalue weighted by Crippen LogP contribution is -2.42. The maximum absolute atomic E-state index is 5.53. The Kier molecular flexibility index (Phi) is 4.42. The Hall–Kier alpha value is -2.01. The summed E-state index contributed by atoms with van der Waals surface area (Å²) >= 11 is 0. The maximum atomic E-state index is 5.53. The Bertz CT molecular complexity index is 790. The summed E-state index contributed by atoms with van der Waals surface area (Å²) < 4.78 is 11.0. The van der Waals surface area contributed by atoms with Gasteiger partial charge in [-0.05, 0) is 49.8 Å². The zero-order valence-corrected chi connectivity index (χ0v) is 15.3. The van der Waals surface area contributed by atoms with Gasteiger partial charge in [0.15, 0.2) is 11.5 Å². The van der Waals surface area contributed by atoms with Crippen molar-refractivity contribution in [1.82, 2.24) is 10.3 Å². The Balaban J connectivity index is 1.82. The molecule has 2 aromatic rings. The van der Waals surface area contributed by atoms with Crippen molar-refractivity contribution in [3.05, 3.63) is 23.4 Å². The van der Waals surface area contributed by atoms with Crippen LogP contribution in [0, 0.1) is 5.92 Å². The fourth-order valence-electron chi connectivity index (χ4n) is 4.22. The summed E-state index contributed by atoms with van der Waals surface area (Å²) in [7, 11) is 3.36. The van der Waals surface area contributed by atoms with E-state index in [9.17, 15) is 0 Å². The van der Waals surface area contributed by atoms with Crippen molar-refractivity contribution in [2.75, 3.05) is 32.6 Å². The van der Waals surface area contributed by atoms with Crippen molar-refractivity contribution in [2.24, 2.45) is 5.92 Å². The molecule has 2 aliphatic rings. The van der Waals surface area contributed by atoms with Crippen LogP contribution in [0.25, 0.3) is 10.9 Å². The fourth-order valence-corrected chi connectivity index (χ4v) is 4.22. The van der Waals surface area contributed by atoms with Crippen molar-refractivity contribution in [3.8, 4) is 11.5 Å². The number of nitrogens with zero attached hydrogens (tertiary/aromatic N) is 1. The minimum Gasteiger partial charge on any atom is -0.493 e. The number of rotatable bonds is 4. The highest BCUT2D eigenvalue weighted by molar-refractivity contribution is 5.96. The molecule has 0 radical (unpaired) electrons. The third-order valence-corrected chi connectivity index (χ3v) is 5.44. The summed E-state index contributed by atoms with van der Waals surface area (Å²) in [6, 6.07) is 4.52. The van der Waals surface area contributed by atoms with Crippen molar-refractivity contribution >= 4 is 16.6 Å². The van der Waals surface area contributed by atoms with Gasteiger partial charge in [0.2, 0.25) is 0 Å². The topological polar surface area (TPSA) is 55.4 Å². The van der Waals surface area contributed by atoms with E-state index in [2.05, 4.69) is 23.6 Å². The van der Waals surface area contributed by atoms with E-state index in [1.165, 1.54) is 29.8 Å². The monoisotopic (exact) mass is 341 g/mol. The third-order valence-electron chi connectivity index (χ3n) is 5.44. The first-order chi connectivity index (χ1) is 12.2. The molecule has 1 aromatic heterocycles. The molecule has 4 rings (SSSR count). The van der Waals surface area contributed by atoms with Crippen LogP contribution in [0.15, 0.2) is 12.1 Å². The SMILES string of the molecule is COc1cc2nc3c(c(NC4CNCC(C)C4)c2cc1OC)CCC3. The van der Waals surface area contributed by atoms with Crippen molar-refractivity contribution in [3.63, 3.8) is 0 Å². The molecule has 1 saturated heterocycles. The minimum atomic E-state index is 0.451. The molecule has 25 heavy (non-hydrogen) atoms. The first kappa shape index (κ1) is 16.5. The summed E-state index contributed by atoms with van der Waals surface area (Å²) in [5, 5.41) is 8.52. The first-order valence-electron chi connectivity index (χ1n) is 9.24. The van der Waals surface area contributed by atoms with Crippen LogP contribution in [-0.4, -0.2) is 38.3 Å². The van der Waals surface area contributed by atoms with Gasteiger partial charge >= 0.3 is 0 Å². The molecular weight excluding hydrogens is 314 g/mol. The smallest absolute Gasteiger partial charge is 0.162 e. The summed E-state index contributed by atoms with van der Waals surface area (Å²) in [6.45, 7) is 4.43. The van der Waals surface area contributed by atoms with E-state index in [0.29, 0.717) is 12.0 Å². The number of nitrogens with one attached hydrogen (secondary N) is 2. The molecule has 134 valence electrons. The number of piperidine rings is 1. The zero-order valence-electron chi connectivity index (χ0n) is 15.3. The van der Waals surface area contributed by atoms with Crippen LogP contribution in [0.4, 0.5) is 5.69 Å². The molecule has 0 spiro atoms. The summed E-state index contributed by atoms with van der Waals surface area (Å²) in [5.74, 6) is 2.19. The van der Waals surface area contributed by atoms with Crippen LogP contribution in [-0.2, 0) is 12.8 Å². The highest BCUT2D eigenvalue weighted by Crippen LogP contribution is 2.40. The molecule has 0 bridgehead atoms. The molecule has 0 amide bonds. The fraction of sp³-hybridized carbons (Fsp3) is 0.550. The largest absolute Gasteiger partial charge is 0.493 e. The summed E-state index contributed by atoms with van der Waals surface area (Å²) in [4.78, 5) is 4.92. The van der Waals surface area contributed by atoms with Crippen molar-refractivity contribution in [1.29, 1.82) is 0 Å². The molecule has 5 heteroatoms. The maximum Gasteiger partial charge on any atom is 0.162 e. The van der Waals surface area contributed by atoms with Gasteiger partial charge in [0.1, 0.15) is 0 Å². The van der Waals surface area contributed by atoms with Gasteiger partial charge in [0, 0.05) is 35.4 Å². The number of benzene rings is 1. The van der Waals surface area contributed by atoms with Gasteiger partial charge in [-0.25, -0.2) is 0 Å². The molecule has 2 atom stereocenters. The normalized spacial score (nSPS) is 22.7. The van der Waals surface area contributed by atoms with Gasteiger partial charge in [0.05, 0.1) is 19.7 Å². The second-order valence-corrected chi connectivity index (χ2v) is 7.33. The number of anilines is 1. The van der Waals surface area contributed by atoms with E-state index in [1.54, 1.807) is 14.2 Å². The van der Waals surface area contributed by atoms with Crippen LogP contribution >= 0.6 is 0 Å². The summed E-state index contributed by atoms with van der Waals surface area (Å²) in [6.07, 6.45) is 4.54. The second kappa shape index (κ2) is 6.71. The molecule has 0 saturated carbocycles. The zero-order chi connectivity index (χ0) is 17.4. The van der Waals surface area contributed by atoms with Gasteiger partial charge in [0.25, 0.3) is 0 Å². The van der Waals surface area contributed by atoms with Crippen LogP contribution in [0.2, 0.25) is 0 Å². The van der Waals surface area contributed by atoms with Crippen molar-refractivity contribution < 1.29 is 9.47 Å². The Morgan fingerprint density at radius 2 is 1.92 bits per heavy atom. The highest BCUT2D eigenvalue weighted by Gasteiger charge is 2.25. The molecule has 1 aliphatic heterocycles. The molecule has 2 heterocycles. The van der Waals surface area contributed by atoms with E-state index in [0.717, 1.165) is 48.3 Å². The van der Waals surface area contributed by atoms with E-state index in [1.807, 2.05) is 6.07 Å². The molecule has 2 N–H and O–H groups in total. The summed E-state index contributed by atoms with van der Waals surface area (Å²) in [5.41, 5.74) is 4.86. The number of fused-ring (bicyclic) bond motifs is 2. The average Bonchev–Trinajstić information content (AvgIpc) is 3.08. The number of pyridine rings is 1. The Morgan fingerprint density at radius 1 is 1.12 bits per heavy atom. The number of hydrogen-bond acceptors (Lipinski definition) is 5. The lowest BCUT2D eigenvalue weighted by molar-refractivity contribution is 0.355. The predicted molar refractivity (Wildman–Crippen MR) is 101 cm³/mol. The van der Waals surface area contributed by atoms with E-state index < -0.39 is 0 Å². The van der Waals surface area contributed by atoms with Gasteiger partial charge in [-0.2, -0.15) is 0 Å². The number of aryl methyl sites for hydroxylation is 1. The molecule has 1 fully saturated rings. The molecule has 5 nitrogen and oxygen atoms in total. The lowest BCUT2D eigenvalue weighted by atomic mass is 9.96. The van der Waals surface area contributed by atoms with Gasteiger partial charge in [-0.15, -0.1) is 0 Å². The average molecular weight is 341 g/mol. The Morgan fingerprint density at radius 3 is 2.68 bits per heavy atom. The van der Waals surface area contributed by atoms with Gasteiger partial charge < -0.3 is 20.1 Å². The standard InChI is InChI=1S/C20H27N3O2/c1-12-7-13(11-21-10-12)22-20-14-5-4-6-16(14)23-17-9-19(25-3)18(24-2)8-15(17)20/h8-9,12-13,21H,4-7,10-11H2,1-3H3,(H,22,23). The second-order valence-electron chi connectivity index (χ2n) is 7.33. The quantitative estimate of drug-likeness (QED) is 0.895. The van der Waals surface area contributed by atoms with Crippen LogP contribution < -0.4 is 20.1 Å². The molecule has 1 aromatic carbocycles. The molecule has 1 aliphatic carbocycles. The highest BCUT2D eigenvalue weighted by atomic mass is 16.5.